The molecule has 0 aliphatic carbocycles. The zero-order chi connectivity index (χ0) is 56.4. The number of hydrogen-bond acceptors (Lipinski definition) is 5. The average Bonchev–Trinajstić information content (AvgIpc) is 3.44. The van der Waals surface area contributed by atoms with Crippen molar-refractivity contribution in [3.05, 3.63) is 12.2 Å². The number of unbranched alkanes of at least 4 members (excludes halogenated alkanes) is 57. The van der Waals surface area contributed by atoms with E-state index in [1.165, 1.54) is 347 Å². The van der Waals surface area contributed by atoms with Crippen molar-refractivity contribution >= 4 is 11.9 Å². The lowest BCUT2D eigenvalue weighted by molar-refractivity contribution is -0.143. The number of aliphatic hydroxyl groups excluding tert-OH is 2. The van der Waals surface area contributed by atoms with Crippen LogP contribution in [0.5, 0.6) is 0 Å². The third-order valence-electron chi connectivity index (χ3n) is 17.1. The van der Waals surface area contributed by atoms with Crippen molar-refractivity contribution < 1.29 is 24.5 Å². The Bertz CT molecular complexity index is 1180. The first-order valence-corrected chi connectivity index (χ1v) is 36.0. The molecule has 3 N–H and O–H groups in total. The molecule has 0 radical (unpaired) electrons. The van der Waals surface area contributed by atoms with Crippen LogP contribution in [0.3, 0.4) is 0 Å². The molecule has 0 aromatic carbocycles. The lowest BCUT2D eigenvalue weighted by Crippen LogP contribution is -2.45. The number of allylic oxidation sites excluding steroid dienone is 1. The summed E-state index contributed by atoms with van der Waals surface area (Å²) in [5.74, 6) is -0.0433. The molecule has 2 atom stereocenters. The number of rotatable bonds is 68. The molecule has 0 bridgehead atoms. The smallest absolute Gasteiger partial charge is 0.305 e. The Balaban J connectivity index is 3.39. The number of ether oxygens (including phenoxy) is 1. The summed E-state index contributed by atoms with van der Waals surface area (Å²) >= 11 is 0. The maximum Gasteiger partial charge on any atom is 0.305 e. The molecular weight excluding hydrogens is 959 g/mol. The molecule has 1 amide bonds. The first-order valence-electron chi connectivity index (χ1n) is 36.0. The standard InChI is InChI=1S/C72H141NO5/c1-3-5-7-9-11-13-15-17-19-20-21-22-25-28-31-34-37-40-44-48-52-56-60-64-70(75)69(68-74)73-71(76)65-61-57-53-49-45-41-38-35-32-29-26-23-24-27-30-33-36-39-43-47-51-55-59-63-67-78-72(77)66-62-58-54-50-46-42-18-16-14-12-10-8-6-4-2/h60,64,69-70,74-75H,3-59,61-63,65-68H2,1-2H3,(H,73,76)/b64-60+. The summed E-state index contributed by atoms with van der Waals surface area (Å²) in [6, 6.07) is -0.627. The summed E-state index contributed by atoms with van der Waals surface area (Å²) in [5.41, 5.74) is 0. The Labute approximate surface area is 489 Å². The monoisotopic (exact) mass is 1100 g/mol. The molecule has 0 aliphatic heterocycles. The third kappa shape index (κ3) is 63.8. The van der Waals surface area contributed by atoms with E-state index in [0.717, 1.165) is 38.5 Å². The first-order chi connectivity index (χ1) is 38.5. The lowest BCUT2D eigenvalue weighted by atomic mass is 10.0. The van der Waals surface area contributed by atoms with Crippen LogP contribution in [0.2, 0.25) is 0 Å². The largest absolute Gasteiger partial charge is 0.466 e. The van der Waals surface area contributed by atoms with Crippen LogP contribution in [0.1, 0.15) is 412 Å². The van der Waals surface area contributed by atoms with Crippen LogP contribution in [0.4, 0.5) is 0 Å². The Kier molecular flexibility index (Phi) is 66.9. The van der Waals surface area contributed by atoms with Gasteiger partial charge in [0.15, 0.2) is 0 Å². The fourth-order valence-electron chi connectivity index (χ4n) is 11.6. The minimum atomic E-state index is -0.844. The zero-order valence-electron chi connectivity index (χ0n) is 53.2. The Morgan fingerprint density at radius 1 is 0.346 bits per heavy atom. The molecule has 0 fully saturated rings. The first kappa shape index (κ1) is 76.6. The van der Waals surface area contributed by atoms with E-state index in [1.807, 2.05) is 6.08 Å². The number of hydrogen-bond donors (Lipinski definition) is 3. The van der Waals surface area contributed by atoms with Crippen LogP contribution < -0.4 is 5.32 Å². The van der Waals surface area contributed by atoms with Crippen LogP contribution in [-0.2, 0) is 14.3 Å². The highest BCUT2D eigenvalue weighted by atomic mass is 16.5. The van der Waals surface area contributed by atoms with Gasteiger partial charge in [-0.05, 0) is 32.1 Å². The minimum absolute atomic E-state index is 0.0184. The molecular formula is C72H141NO5. The van der Waals surface area contributed by atoms with Gasteiger partial charge in [0.25, 0.3) is 0 Å². The number of amides is 1. The summed E-state index contributed by atoms with van der Waals surface area (Å²) in [7, 11) is 0. The second-order valence-corrected chi connectivity index (χ2v) is 24.9. The van der Waals surface area contributed by atoms with Gasteiger partial charge >= 0.3 is 5.97 Å². The maximum atomic E-state index is 12.5. The van der Waals surface area contributed by atoms with Crippen LogP contribution in [0.25, 0.3) is 0 Å². The summed E-state index contributed by atoms with van der Waals surface area (Å²) in [5, 5.41) is 23.3. The van der Waals surface area contributed by atoms with Gasteiger partial charge in [-0.3, -0.25) is 9.59 Å². The van der Waals surface area contributed by atoms with Crippen molar-refractivity contribution in [1.29, 1.82) is 0 Å². The Morgan fingerprint density at radius 3 is 0.872 bits per heavy atom. The van der Waals surface area contributed by atoms with E-state index < -0.39 is 12.1 Å². The van der Waals surface area contributed by atoms with Crippen molar-refractivity contribution in [2.75, 3.05) is 13.2 Å². The quantitative estimate of drug-likeness (QED) is 0.0320. The topological polar surface area (TPSA) is 95.9 Å². The van der Waals surface area contributed by atoms with Gasteiger partial charge in [0.05, 0.1) is 25.4 Å². The van der Waals surface area contributed by atoms with Crippen molar-refractivity contribution in [2.24, 2.45) is 0 Å². The number of carbonyl (C=O) groups is 2. The molecule has 0 saturated heterocycles. The Morgan fingerprint density at radius 2 is 0.590 bits per heavy atom. The highest BCUT2D eigenvalue weighted by Crippen LogP contribution is 2.19. The van der Waals surface area contributed by atoms with E-state index in [0.29, 0.717) is 19.4 Å². The van der Waals surface area contributed by atoms with Gasteiger partial charge in [-0.2, -0.15) is 0 Å². The second kappa shape index (κ2) is 68.1. The van der Waals surface area contributed by atoms with E-state index >= 15 is 0 Å². The molecule has 78 heavy (non-hydrogen) atoms. The van der Waals surface area contributed by atoms with E-state index in [2.05, 4.69) is 19.2 Å². The molecule has 6 nitrogen and oxygen atoms in total. The van der Waals surface area contributed by atoms with Gasteiger partial charge in [0, 0.05) is 12.8 Å². The number of aliphatic hydroxyl groups is 2. The summed E-state index contributed by atoms with van der Waals surface area (Å²) < 4.78 is 5.50. The number of nitrogens with one attached hydrogen (secondary N) is 1. The molecule has 0 aromatic heterocycles. The van der Waals surface area contributed by atoms with Crippen molar-refractivity contribution in [2.45, 2.75) is 424 Å². The fraction of sp³-hybridized carbons (Fsp3) is 0.944. The van der Waals surface area contributed by atoms with E-state index in [1.54, 1.807) is 6.08 Å². The van der Waals surface area contributed by atoms with Gasteiger partial charge in [0.2, 0.25) is 5.91 Å². The molecule has 0 heterocycles. The molecule has 0 saturated carbocycles. The summed E-state index contributed by atoms with van der Waals surface area (Å²) in [6.07, 6.45) is 84.3. The molecule has 2 unspecified atom stereocenters. The van der Waals surface area contributed by atoms with Crippen LogP contribution in [0, 0.1) is 0 Å². The summed E-state index contributed by atoms with van der Waals surface area (Å²) in [4.78, 5) is 24.6. The number of esters is 1. The SMILES string of the molecule is CCCCCCCCCCCCCCCCCCCCCCC/C=C/C(O)C(CO)NC(=O)CCCCCCCCCCCCCCCCCCCCCCCCCCOC(=O)CCCCCCCCCCCCCCCC. The normalized spacial score (nSPS) is 12.5. The second-order valence-electron chi connectivity index (χ2n) is 24.9. The van der Waals surface area contributed by atoms with Crippen LogP contribution in [0.15, 0.2) is 12.2 Å². The van der Waals surface area contributed by atoms with Gasteiger partial charge in [-0.1, -0.05) is 379 Å². The van der Waals surface area contributed by atoms with Gasteiger partial charge < -0.3 is 20.3 Å². The van der Waals surface area contributed by atoms with E-state index in [9.17, 15) is 19.8 Å². The van der Waals surface area contributed by atoms with E-state index in [4.69, 9.17) is 4.74 Å². The maximum absolute atomic E-state index is 12.5. The van der Waals surface area contributed by atoms with Gasteiger partial charge in [-0.25, -0.2) is 0 Å². The third-order valence-corrected chi connectivity index (χ3v) is 17.1. The lowest BCUT2D eigenvalue weighted by Gasteiger charge is -2.20. The van der Waals surface area contributed by atoms with Gasteiger partial charge in [0.1, 0.15) is 0 Å². The predicted octanol–water partition coefficient (Wildman–Crippen LogP) is 23.1. The minimum Gasteiger partial charge on any atom is -0.466 e. The van der Waals surface area contributed by atoms with Crippen molar-refractivity contribution in [3.8, 4) is 0 Å². The van der Waals surface area contributed by atoms with Gasteiger partial charge in [-0.15, -0.1) is 0 Å². The molecule has 0 spiro atoms. The highest BCUT2D eigenvalue weighted by molar-refractivity contribution is 5.76. The number of carbonyl (C=O) groups excluding carboxylic acids is 2. The average molecular weight is 1100 g/mol. The molecule has 464 valence electrons. The van der Waals surface area contributed by atoms with Crippen LogP contribution in [-0.4, -0.2) is 47.4 Å². The molecule has 0 rings (SSSR count). The molecule has 0 aliphatic rings. The predicted molar refractivity (Wildman–Crippen MR) is 343 cm³/mol. The fourth-order valence-corrected chi connectivity index (χ4v) is 11.6. The molecule has 6 heteroatoms. The van der Waals surface area contributed by atoms with Crippen molar-refractivity contribution in [1.82, 2.24) is 5.32 Å². The molecule has 0 aromatic rings. The Hall–Kier alpha value is -1.40. The highest BCUT2D eigenvalue weighted by Gasteiger charge is 2.18. The van der Waals surface area contributed by atoms with E-state index in [-0.39, 0.29) is 18.5 Å². The van der Waals surface area contributed by atoms with Crippen molar-refractivity contribution in [3.63, 3.8) is 0 Å². The van der Waals surface area contributed by atoms with Crippen LogP contribution >= 0.6 is 0 Å². The summed E-state index contributed by atoms with van der Waals surface area (Å²) in [6.45, 7) is 4.95. The zero-order valence-corrected chi connectivity index (χ0v) is 53.2.